The third-order valence-corrected chi connectivity index (χ3v) is 1.64. The maximum absolute atomic E-state index is 10.9. The first-order valence-electron chi connectivity index (χ1n) is 3.24. The molecule has 0 atom stereocenters. The van der Waals surface area contributed by atoms with E-state index >= 15 is 0 Å². The summed E-state index contributed by atoms with van der Waals surface area (Å²) in [7, 11) is 0. The van der Waals surface area contributed by atoms with E-state index in [4.69, 9.17) is 0 Å². The van der Waals surface area contributed by atoms with Crippen molar-refractivity contribution < 1.29 is 9.59 Å². The van der Waals surface area contributed by atoms with E-state index in [1.54, 1.807) is 24.3 Å². The Bertz CT molecular complexity index is 314. The molecule has 0 fully saturated rings. The first kappa shape index (κ1) is 8.42. The second kappa shape index (κ2) is 2.75. The van der Waals surface area contributed by atoms with Gasteiger partial charge in [-0.05, 0) is 12.1 Å². The van der Waals surface area contributed by atoms with Crippen LogP contribution in [0.25, 0.3) is 0 Å². The minimum atomic E-state index is -0.300. The molecule has 0 aliphatic carbocycles. The van der Waals surface area contributed by atoms with Crippen LogP contribution in [0.3, 0.4) is 0 Å². The van der Waals surface area contributed by atoms with Crippen LogP contribution in [-0.2, 0) is 0 Å². The summed E-state index contributed by atoms with van der Waals surface area (Å²) >= 11 is 0. The van der Waals surface area contributed by atoms with Gasteiger partial charge in [0.25, 0.3) is 11.8 Å². The van der Waals surface area contributed by atoms with E-state index in [2.05, 4.69) is 5.32 Å². The van der Waals surface area contributed by atoms with E-state index in [9.17, 15) is 9.59 Å². The number of carbonyl (C=O) groups excluding carboxylic acids is 2. The molecule has 2 rings (SSSR count). The summed E-state index contributed by atoms with van der Waals surface area (Å²) in [6, 6.07) is 6.74. The molecule has 12 heavy (non-hydrogen) atoms. The summed E-state index contributed by atoms with van der Waals surface area (Å²) in [5.41, 5.74) is 0.940. The van der Waals surface area contributed by atoms with Gasteiger partial charge >= 0.3 is 0 Å². The van der Waals surface area contributed by atoms with Crippen molar-refractivity contribution in [2.24, 2.45) is 0 Å². The summed E-state index contributed by atoms with van der Waals surface area (Å²) in [5, 5.41) is 2.20. The minimum Gasteiger partial charge on any atom is -0.369 e. The van der Waals surface area contributed by atoms with E-state index in [0.717, 1.165) is 0 Å². The Morgan fingerprint density at radius 3 is 1.75 bits per heavy atom. The highest BCUT2D eigenvalue weighted by atomic mass is 16.2. The van der Waals surface area contributed by atoms with Gasteiger partial charge in [0.05, 0.1) is 11.1 Å². The Morgan fingerprint density at radius 2 is 1.33 bits per heavy atom. The molecule has 1 aromatic rings. The molecule has 0 unspecified atom stereocenters. The second-order valence-corrected chi connectivity index (χ2v) is 2.33. The average molecular weight is 165 g/mol. The van der Waals surface area contributed by atoms with Gasteiger partial charge in [0.1, 0.15) is 0 Å². The summed E-state index contributed by atoms with van der Waals surface area (Å²) < 4.78 is 0. The van der Waals surface area contributed by atoms with Crippen LogP contribution in [-0.4, -0.2) is 11.8 Å². The molecule has 4 nitrogen and oxygen atoms in total. The normalized spacial score (nSPS) is 13.3. The summed E-state index contributed by atoms with van der Waals surface area (Å²) in [6.07, 6.45) is 0. The molecule has 62 valence electrons. The predicted octanol–water partition coefficient (Wildman–Crippen LogP) is 0.946. The number of hydrogen-bond acceptors (Lipinski definition) is 2. The van der Waals surface area contributed by atoms with Gasteiger partial charge in [-0.15, -0.1) is 0 Å². The molecule has 1 heterocycles. The first-order chi connectivity index (χ1) is 5.29. The van der Waals surface area contributed by atoms with Gasteiger partial charge in [0.15, 0.2) is 0 Å². The lowest BCUT2D eigenvalue weighted by Gasteiger charge is -1.88. The first-order valence-corrected chi connectivity index (χ1v) is 3.24. The molecule has 1 aliphatic rings. The maximum Gasteiger partial charge on any atom is 0.258 e. The molecule has 0 saturated carbocycles. The fourth-order valence-electron chi connectivity index (χ4n) is 1.12. The predicted molar refractivity (Wildman–Crippen MR) is 44.2 cm³/mol. The van der Waals surface area contributed by atoms with Crippen LogP contribution in [0.2, 0.25) is 0 Å². The highest BCUT2D eigenvalue weighted by Gasteiger charge is 2.25. The standard InChI is InChI=1S/C8H5NO2.H3N/c10-7-5-3-1-2-4-6(5)8(11)9-7;/h1-4H,(H,9,10,11);1H3/p+1. The SMILES string of the molecule is O=C1NC(=O)c2ccccc21.[NH4+]. The lowest BCUT2D eigenvalue weighted by molar-refractivity contribution is 0.0879. The maximum atomic E-state index is 10.9. The van der Waals surface area contributed by atoms with Crippen molar-refractivity contribution in [2.75, 3.05) is 0 Å². The van der Waals surface area contributed by atoms with Crippen LogP contribution in [0.15, 0.2) is 24.3 Å². The van der Waals surface area contributed by atoms with Crippen molar-refractivity contribution in [3.8, 4) is 0 Å². The zero-order valence-corrected chi connectivity index (χ0v) is 6.63. The lowest BCUT2D eigenvalue weighted by atomic mass is 10.1. The van der Waals surface area contributed by atoms with E-state index in [0.29, 0.717) is 11.1 Å². The van der Waals surface area contributed by atoms with E-state index in [1.165, 1.54) is 0 Å². The quantitative estimate of drug-likeness (QED) is 0.561. The van der Waals surface area contributed by atoms with E-state index < -0.39 is 0 Å². The molecule has 0 spiro atoms. The van der Waals surface area contributed by atoms with Crippen molar-refractivity contribution in [1.29, 1.82) is 0 Å². The van der Waals surface area contributed by atoms with Crippen LogP contribution >= 0.6 is 0 Å². The minimum absolute atomic E-state index is 0. The van der Waals surface area contributed by atoms with Crippen LogP contribution < -0.4 is 11.5 Å². The second-order valence-electron chi connectivity index (χ2n) is 2.33. The van der Waals surface area contributed by atoms with Crippen LogP contribution in [0.5, 0.6) is 0 Å². The monoisotopic (exact) mass is 165 g/mol. The Hall–Kier alpha value is -1.68. The molecule has 0 aromatic heterocycles. The molecule has 5 N–H and O–H groups in total. The number of benzene rings is 1. The summed E-state index contributed by atoms with van der Waals surface area (Å²) in [6.45, 7) is 0. The number of amides is 2. The van der Waals surface area contributed by atoms with Gasteiger partial charge < -0.3 is 6.15 Å². The molecule has 4 heteroatoms. The van der Waals surface area contributed by atoms with Crippen LogP contribution in [0, 0.1) is 0 Å². The summed E-state index contributed by atoms with van der Waals surface area (Å²) in [4.78, 5) is 21.9. The Labute approximate surface area is 69.2 Å². The molecule has 1 aromatic carbocycles. The van der Waals surface area contributed by atoms with Crippen LogP contribution in [0.1, 0.15) is 20.7 Å². The third-order valence-electron chi connectivity index (χ3n) is 1.64. The van der Waals surface area contributed by atoms with Gasteiger partial charge in [-0.3, -0.25) is 14.9 Å². The number of carbonyl (C=O) groups is 2. The third kappa shape index (κ3) is 0.981. The van der Waals surface area contributed by atoms with Crippen LogP contribution in [0.4, 0.5) is 0 Å². The van der Waals surface area contributed by atoms with Gasteiger partial charge in [-0.2, -0.15) is 0 Å². The average Bonchev–Trinajstić information content (AvgIpc) is 2.30. The van der Waals surface area contributed by atoms with Gasteiger partial charge in [-0.25, -0.2) is 0 Å². The number of imide groups is 1. The van der Waals surface area contributed by atoms with E-state index in [-0.39, 0.29) is 18.0 Å². The van der Waals surface area contributed by atoms with Gasteiger partial charge in [0, 0.05) is 0 Å². The fraction of sp³-hybridized carbons (Fsp3) is 0. The largest absolute Gasteiger partial charge is 0.369 e. The molecular formula is C8H9N2O2+. The van der Waals surface area contributed by atoms with Crippen molar-refractivity contribution in [1.82, 2.24) is 11.5 Å². The summed E-state index contributed by atoms with van der Waals surface area (Å²) in [5.74, 6) is -0.601. The number of quaternary nitrogens is 1. The molecular weight excluding hydrogens is 156 g/mol. The van der Waals surface area contributed by atoms with Gasteiger partial charge in [-0.1, -0.05) is 12.1 Å². The smallest absolute Gasteiger partial charge is 0.258 e. The van der Waals surface area contributed by atoms with E-state index in [1.807, 2.05) is 0 Å². The Kier molecular flexibility index (Phi) is 1.93. The van der Waals surface area contributed by atoms with Crippen molar-refractivity contribution in [3.05, 3.63) is 35.4 Å². The van der Waals surface area contributed by atoms with Crippen molar-refractivity contribution >= 4 is 11.8 Å². The number of hydrogen-bond donors (Lipinski definition) is 2. The molecule has 0 bridgehead atoms. The van der Waals surface area contributed by atoms with Crippen molar-refractivity contribution in [3.63, 3.8) is 0 Å². The highest BCUT2D eigenvalue weighted by Crippen LogP contribution is 2.13. The lowest BCUT2D eigenvalue weighted by Crippen LogP contribution is -2.19. The van der Waals surface area contributed by atoms with Crippen molar-refractivity contribution in [2.45, 2.75) is 0 Å². The molecule has 1 aliphatic heterocycles. The Balaban J connectivity index is 0.000000720. The Morgan fingerprint density at radius 1 is 0.917 bits per heavy atom. The van der Waals surface area contributed by atoms with Gasteiger partial charge in [0.2, 0.25) is 0 Å². The number of fused-ring (bicyclic) bond motifs is 1. The molecule has 0 radical (unpaired) electrons. The molecule has 2 amide bonds. The topological polar surface area (TPSA) is 82.7 Å². The zero-order chi connectivity index (χ0) is 7.84. The zero-order valence-electron chi connectivity index (χ0n) is 6.63. The fourth-order valence-corrected chi connectivity index (χ4v) is 1.12. The number of nitrogens with one attached hydrogen (secondary N) is 1. The number of rotatable bonds is 0. The highest BCUT2D eigenvalue weighted by molar-refractivity contribution is 6.21. The molecule has 0 saturated heterocycles.